The summed E-state index contributed by atoms with van der Waals surface area (Å²) in [5.74, 6) is -0.269. The molecule has 0 amide bonds. The maximum atomic E-state index is 12.3. The van der Waals surface area contributed by atoms with Crippen LogP contribution in [0.4, 0.5) is 0 Å². The molecule has 1 aromatic carbocycles. The van der Waals surface area contributed by atoms with Crippen LogP contribution in [0.3, 0.4) is 0 Å². The van der Waals surface area contributed by atoms with Gasteiger partial charge in [0.05, 0.1) is 33.6 Å². The van der Waals surface area contributed by atoms with Crippen LogP contribution in [-0.2, 0) is 6.61 Å². The Bertz CT molecular complexity index is 906. The Kier molecular flexibility index (Phi) is 4.26. The van der Waals surface area contributed by atoms with Crippen molar-refractivity contribution in [1.82, 2.24) is 9.38 Å². The summed E-state index contributed by atoms with van der Waals surface area (Å²) in [4.78, 5) is 16.6. The van der Waals surface area contributed by atoms with Crippen molar-refractivity contribution < 1.29 is 14.6 Å². The average Bonchev–Trinajstić information content (AvgIpc) is 2.86. The van der Waals surface area contributed by atoms with Crippen LogP contribution >= 0.6 is 23.2 Å². The molecule has 7 heteroatoms. The van der Waals surface area contributed by atoms with Gasteiger partial charge in [-0.25, -0.2) is 9.78 Å². The number of aliphatic hydroxyl groups is 1. The van der Waals surface area contributed by atoms with E-state index in [0.717, 1.165) is 0 Å². The highest BCUT2D eigenvalue weighted by Crippen LogP contribution is 2.25. The lowest BCUT2D eigenvalue weighted by Gasteiger charge is -2.07. The van der Waals surface area contributed by atoms with Gasteiger partial charge in [-0.2, -0.15) is 0 Å². The lowest BCUT2D eigenvalue weighted by Crippen LogP contribution is -2.09. The highest BCUT2D eigenvalue weighted by Gasteiger charge is 2.16. The van der Waals surface area contributed by atoms with E-state index in [-0.39, 0.29) is 17.2 Å². The molecule has 0 unspecified atom stereocenters. The first-order valence-corrected chi connectivity index (χ1v) is 7.51. The van der Waals surface area contributed by atoms with Crippen LogP contribution in [0.5, 0.6) is 5.75 Å². The zero-order chi connectivity index (χ0) is 16.6. The third-order valence-electron chi connectivity index (χ3n) is 3.42. The number of hydrogen-bond donors (Lipinski definition) is 1. The molecule has 0 fully saturated rings. The van der Waals surface area contributed by atoms with Gasteiger partial charge in [-0.1, -0.05) is 23.2 Å². The number of carbonyl (C=O) groups excluding carboxylic acids is 1. The van der Waals surface area contributed by atoms with Gasteiger partial charge in [0.2, 0.25) is 0 Å². The number of esters is 1. The second-order valence-electron chi connectivity index (χ2n) is 4.89. The van der Waals surface area contributed by atoms with Crippen molar-refractivity contribution in [2.45, 2.75) is 13.5 Å². The smallest absolute Gasteiger partial charge is 0.343 e. The molecule has 5 nitrogen and oxygen atoms in total. The fourth-order valence-electron chi connectivity index (χ4n) is 2.26. The van der Waals surface area contributed by atoms with Gasteiger partial charge in [0, 0.05) is 6.20 Å². The summed E-state index contributed by atoms with van der Waals surface area (Å²) in [6.07, 6.45) is 1.75. The quantitative estimate of drug-likeness (QED) is 0.732. The van der Waals surface area contributed by atoms with E-state index >= 15 is 0 Å². The van der Waals surface area contributed by atoms with Gasteiger partial charge in [0.25, 0.3) is 0 Å². The zero-order valence-electron chi connectivity index (χ0n) is 12.1. The molecule has 0 bridgehead atoms. The summed E-state index contributed by atoms with van der Waals surface area (Å²) < 4.78 is 7.10. The number of carbonyl (C=O) groups is 1. The third kappa shape index (κ3) is 2.91. The van der Waals surface area contributed by atoms with E-state index in [4.69, 9.17) is 27.9 Å². The second kappa shape index (κ2) is 6.20. The first-order chi connectivity index (χ1) is 11.0. The van der Waals surface area contributed by atoms with Crippen molar-refractivity contribution in [3.05, 3.63) is 63.5 Å². The van der Waals surface area contributed by atoms with Gasteiger partial charge in [-0.05, 0) is 37.3 Å². The molecule has 0 spiro atoms. The van der Waals surface area contributed by atoms with E-state index in [1.54, 1.807) is 29.7 Å². The van der Waals surface area contributed by atoms with E-state index in [0.29, 0.717) is 27.8 Å². The first kappa shape index (κ1) is 15.8. The summed E-state index contributed by atoms with van der Waals surface area (Å²) >= 11 is 11.8. The number of aryl methyl sites for hydroxylation is 1. The van der Waals surface area contributed by atoms with E-state index in [2.05, 4.69) is 4.98 Å². The van der Waals surface area contributed by atoms with Crippen LogP contribution in [0.1, 0.15) is 21.7 Å². The Morgan fingerprint density at radius 1 is 1.30 bits per heavy atom. The zero-order valence-corrected chi connectivity index (χ0v) is 13.6. The molecule has 0 aliphatic heterocycles. The number of benzene rings is 1. The van der Waals surface area contributed by atoms with Crippen molar-refractivity contribution in [3.8, 4) is 5.75 Å². The molecule has 2 aromatic heterocycles. The molecule has 2 heterocycles. The lowest BCUT2D eigenvalue weighted by atomic mass is 10.2. The summed E-state index contributed by atoms with van der Waals surface area (Å²) in [6, 6.07) is 7.86. The molecule has 23 heavy (non-hydrogen) atoms. The van der Waals surface area contributed by atoms with Gasteiger partial charge in [-0.15, -0.1) is 0 Å². The summed E-state index contributed by atoms with van der Waals surface area (Å²) in [5.41, 5.74) is 2.06. The fourth-order valence-corrected chi connectivity index (χ4v) is 2.56. The molecule has 0 aliphatic carbocycles. The molecule has 0 radical (unpaired) electrons. The van der Waals surface area contributed by atoms with Crippen LogP contribution in [0.25, 0.3) is 5.65 Å². The van der Waals surface area contributed by atoms with Gasteiger partial charge in [-0.3, -0.25) is 4.40 Å². The molecule has 0 saturated carbocycles. The van der Waals surface area contributed by atoms with Crippen molar-refractivity contribution in [2.75, 3.05) is 0 Å². The number of imidazole rings is 1. The minimum absolute atomic E-state index is 0.156. The Balaban J connectivity index is 1.98. The summed E-state index contributed by atoms with van der Waals surface area (Å²) in [7, 11) is 0. The number of rotatable bonds is 3. The highest BCUT2D eigenvalue weighted by molar-refractivity contribution is 6.42. The Hall–Kier alpha value is -2.08. The summed E-state index contributed by atoms with van der Waals surface area (Å²) in [5, 5.41) is 10.1. The standard InChI is InChI=1S/C16H12Cl2N2O3/c1-9-13(8-21)20-6-2-3-14(15(20)19-9)23-16(22)10-4-5-11(17)12(18)7-10/h2-7,21H,8H2,1H3. The Morgan fingerprint density at radius 3 is 2.78 bits per heavy atom. The van der Waals surface area contributed by atoms with Crippen molar-refractivity contribution in [1.29, 1.82) is 0 Å². The van der Waals surface area contributed by atoms with Crippen LogP contribution in [0.2, 0.25) is 10.0 Å². The predicted molar refractivity (Wildman–Crippen MR) is 87.3 cm³/mol. The third-order valence-corrected chi connectivity index (χ3v) is 4.16. The second-order valence-corrected chi connectivity index (χ2v) is 5.70. The van der Waals surface area contributed by atoms with Crippen LogP contribution in [-0.4, -0.2) is 20.5 Å². The number of aliphatic hydroxyl groups excluding tert-OH is 1. The molecule has 3 rings (SSSR count). The van der Waals surface area contributed by atoms with Gasteiger partial charge in [0.1, 0.15) is 0 Å². The van der Waals surface area contributed by atoms with Gasteiger partial charge in [0.15, 0.2) is 11.4 Å². The highest BCUT2D eigenvalue weighted by atomic mass is 35.5. The minimum Gasteiger partial charge on any atom is -0.419 e. The monoisotopic (exact) mass is 350 g/mol. The number of nitrogens with zero attached hydrogens (tertiary/aromatic N) is 2. The largest absolute Gasteiger partial charge is 0.419 e. The lowest BCUT2D eigenvalue weighted by molar-refractivity contribution is 0.0736. The molecule has 0 aliphatic rings. The Labute approximate surface area is 142 Å². The molecule has 0 atom stereocenters. The topological polar surface area (TPSA) is 63.8 Å². The van der Waals surface area contributed by atoms with E-state index in [1.807, 2.05) is 0 Å². The first-order valence-electron chi connectivity index (χ1n) is 6.76. The fraction of sp³-hybridized carbons (Fsp3) is 0.125. The number of halogens is 2. The van der Waals surface area contributed by atoms with E-state index < -0.39 is 5.97 Å². The SMILES string of the molecule is Cc1nc2c(OC(=O)c3ccc(Cl)c(Cl)c3)cccn2c1CO. The molecular weight excluding hydrogens is 339 g/mol. The maximum absolute atomic E-state index is 12.3. The maximum Gasteiger partial charge on any atom is 0.343 e. The number of fused-ring (bicyclic) bond motifs is 1. The molecule has 118 valence electrons. The molecular formula is C16H12Cl2N2O3. The Morgan fingerprint density at radius 2 is 2.09 bits per heavy atom. The van der Waals surface area contributed by atoms with Crippen LogP contribution in [0, 0.1) is 6.92 Å². The number of ether oxygens (including phenoxy) is 1. The molecule has 3 aromatic rings. The summed E-state index contributed by atoms with van der Waals surface area (Å²) in [6.45, 7) is 1.63. The van der Waals surface area contributed by atoms with Crippen molar-refractivity contribution >= 4 is 34.8 Å². The number of pyridine rings is 1. The van der Waals surface area contributed by atoms with Crippen LogP contribution in [0.15, 0.2) is 36.5 Å². The predicted octanol–water partition coefficient (Wildman–Crippen LogP) is 3.66. The normalized spacial score (nSPS) is 11.0. The minimum atomic E-state index is -0.567. The van der Waals surface area contributed by atoms with Crippen LogP contribution < -0.4 is 4.74 Å². The van der Waals surface area contributed by atoms with Gasteiger partial charge >= 0.3 is 5.97 Å². The van der Waals surface area contributed by atoms with E-state index in [9.17, 15) is 9.90 Å². The van der Waals surface area contributed by atoms with E-state index in [1.165, 1.54) is 18.2 Å². The number of aromatic nitrogens is 2. The number of hydrogen-bond acceptors (Lipinski definition) is 4. The molecule has 0 saturated heterocycles. The van der Waals surface area contributed by atoms with Gasteiger partial charge < -0.3 is 9.84 Å². The molecule has 1 N–H and O–H groups in total. The van der Waals surface area contributed by atoms with Crippen molar-refractivity contribution in [3.63, 3.8) is 0 Å². The van der Waals surface area contributed by atoms with Crippen molar-refractivity contribution in [2.24, 2.45) is 0 Å². The average molecular weight is 351 g/mol.